The van der Waals surface area contributed by atoms with Gasteiger partial charge in [0.15, 0.2) is 0 Å². The normalized spacial score (nSPS) is 11.7. The van der Waals surface area contributed by atoms with Crippen molar-refractivity contribution in [2.75, 3.05) is 13.2 Å². The Bertz CT molecular complexity index is 183. The number of carbonyl (C=O) groups is 1. The zero-order valence-corrected chi connectivity index (χ0v) is 8.42. The van der Waals surface area contributed by atoms with Gasteiger partial charge in [-0.2, -0.15) is 0 Å². The van der Waals surface area contributed by atoms with Crippen molar-refractivity contribution in [3.05, 3.63) is 12.3 Å². The first-order valence-corrected chi connectivity index (χ1v) is 4.28. The van der Waals surface area contributed by atoms with Crippen LogP contribution < -0.4 is 10.6 Å². The molecule has 3 N–H and O–H groups in total. The molecule has 4 heteroatoms. The summed E-state index contributed by atoms with van der Waals surface area (Å²) in [5.41, 5.74) is 0.0598. The fourth-order valence-electron chi connectivity index (χ4n) is 0.588. The summed E-state index contributed by atoms with van der Waals surface area (Å²) in [5.74, 6) is 0. The van der Waals surface area contributed by atoms with Crippen molar-refractivity contribution >= 4 is 6.03 Å². The Morgan fingerprint density at radius 1 is 1.46 bits per heavy atom. The van der Waals surface area contributed by atoms with Crippen LogP contribution in [0.15, 0.2) is 12.3 Å². The molecule has 76 valence electrons. The number of amides is 2. The van der Waals surface area contributed by atoms with Gasteiger partial charge in [-0.3, -0.25) is 0 Å². The highest BCUT2D eigenvalue weighted by atomic mass is 16.3. The fraction of sp³-hybridized carbons (Fsp3) is 0.667. The molecule has 0 heterocycles. The number of aliphatic hydroxyl groups excluding tert-OH is 1. The summed E-state index contributed by atoms with van der Waals surface area (Å²) in [7, 11) is 0. The summed E-state index contributed by atoms with van der Waals surface area (Å²) in [6.07, 6.45) is 3.50. The van der Waals surface area contributed by atoms with Gasteiger partial charge in [-0.05, 0) is 5.41 Å². The van der Waals surface area contributed by atoms with Gasteiger partial charge < -0.3 is 15.7 Å². The molecule has 0 aliphatic carbocycles. The first-order valence-electron chi connectivity index (χ1n) is 4.28. The third kappa shape index (κ3) is 8.88. The third-order valence-electron chi connectivity index (χ3n) is 1.20. The molecule has 0 aromatic rings. The maximum Gasteiger partial charge on any atom is 0.318 e. The smallest absolute Gasteiger partial charge is 0.318 e. The van der Waals surface area contributed by atoms with Crippen LogP contribution >= 0.6 is 0 Å². The molecule has 0 bridgehead atoms. The highest BCUT2D eigenvalue weighted by molar-refractivity contribution is 5.74. The highest BCUT2D eigenvalue weighted by Gasteiger charge is 2.03. The molecular formula is C9H18N2O2. The average molecular weight is 186 g/mol. The summed E-state index contributed by atoms with van der Waals surface area (Å²) >= 11 is 0. The van der Waals surface area contributed by atoms with Crippen LogP contribution in [0, 0.1) is 5.41 Å². The fourth-order valence-corrected chi connectivity index (χ4v) is 0.588. The van der Waals surface area contributed by atoms with Crippen molar-refractivity contribution in [3.63, 3.8) is 0 Å². The standard InChI is InChI=1S/C9H18N2O2/c1-9(2,3)4-5-10-8(13)11-6-7-12/h4-5,12H,6-7H2,1-3H3,(H2,10,11,13)/b5-4+. The summed E-state index contributed by atoms with van der Waals surface area (Å²) < 4.78 is 0. The van der Waals surface area contributed by atoms with E-state index in [1.165, 1.54) is 0 Å². The average Bonchev–Trinajstić information content (AvgIpc) is 1.98. The second-order valence-electron chi connectivity index (χ2n) is 3.82. The molecule has 4 nitrogen and oxygen atoms in total. The SMILES string of the molecule is CC(C)(C)/C=C/NC(=O)NCCO. The summed E-state index contributed by atoms with van der Waals surface area (Å²) in [5, 5.41) is 13.4. The molecule has 0 atom stereocenters. The molecular weight excluding hydrogens is 168 g/mol. The molecule has 0 fully saturated rings. The Hall–Kier alpha value is -1.03. The van der Waals surface area contributed by atoms with E-state index in [-0.39, 0.29) is 24.6 Å². The highest BCUT2D eigenvalue weighted by Crippen LogP contribution is 2.13. The first-order chi connectivity index (χ1) is 5.95. The Morgan fingerprint density at radius 2 is 2.08 bits per heavy atom. The van der Waals surface area contributed by atoms with E-state index in [2.05, 4.69) is 10.6 Å². The zero-order valence-electron chi connectivity index (χ0n) is 8.42. The van der Waals surface area contributed by atoms with Crippen molar-refractivity contribution in [1.82, 2.24) is 10.6 Å². The van der Waals surface area contributed by atoms with E-state index in [9.17, 15) is 4.79 Å². The van der Waals surface area contributed by atoms with E-state index in [1.54, 1.807) is 6.20 Å². The van der Waals surface area contributed by atoms with Crippen molar-refractivity contribution in [1.29, 1.82) is 0 Å². The predicted molar refractivity (Wildman–Crippen MR) is 52.2 cm³/mol. The van der Waals surface area contributed by atoms with Gasteiger partial charge in [0, 0.05) is 12.7 Å². The second kappa shape index (κ2) is 5.59. The number of carbonyl (C=O) groups excluding carboxylic acids is 1. The molecule has 13 heavy (non-hydrogen) atoms. The maximum atomic E-state index is 10.9. The monoisotopic (exact) mass is 186 g/mol. The molecule has 0 saturated heterocycles. The number of nitrogens with one attached hydrogen (secondary N) is 2. The van der Waals surface area contributed by atoms with E-state index in [0.717, 1.165) is 0 Å². The third-order valence-corrected chi connectivity index (χ3v) is 1.20. The van der Waals surface area contributed by atoms with Crippen molar-refractivity contribution < 1.29 is 9.90 Å². The Kier molecular flexibility index (Phi) is 5.14. The Labute approximate surface area is 79.0 Å². The van der Waals surface area contributed by atoms with Gasteiger partial charge in [0.25, 0.3) is 0 Å². The van der Waals surface area contributed by atoms with Gasteiger partial charge >= 0.3 is 6.03 Å². The lowest BCUT2D eigenvalue weighted by Gasteiger charge is -2.11. The van der Waals surface area contributed by atoms with Crippen molar-refractivity contribution in [2.45, 2.75) is 20.8 Å². The van der Waals surface area contributed by atoms with Crippen LogP contribution in [-0.4, -0.2) is 24.3 Å². The number of rotatable bonds is 3. The number of hydrogen-bond acceptors (Lipinski definition) is 2. The van der Waals surface area contributed by atoms with Crippen LogP contribution in [0.2, 0.25) is 0 Å². The largest absolute Gasteiger partial charge is 0.395 e. The lowest BCUT2D eigenvalue weighted by Crippen LogP contribution is -2.34. The van der Waals surface area contributed by atoms with Gasteiger partial charge in [-0.15, -0.1) is 0 Å². The van der Waals surface area contributed by atoms with Gasteiger partial charge in [0.05, 0.1) is 6.61 Å². The summed E-state index contributed by atoms with van der Waals surface area (Å²) in [6, 6.07) is -0.297. The topological polar surface area (TPSA) is 61.4 Å². The quantitative estimate of drug-likeness (QED) is 0.611. The number of allylic oxidation sites excluding steroid dienone is 1. The molecule has 0 rings (SSSR count). The molecule has 0 unspecified atom stereocenters. The van der Waals surface area contributed by atoms with Crippen molar-refractivity contribution in [3.8, 4) is 0 Å². The van der Waals surface area contributed by atoms with E-state index in [1.807, 2.05) is 26.8 Å². The lowest BCUT2D eigenvalue weighted by atomic mass is 9.97. The molecule has 0 saturated carbocycles. The van der Waals surface area contributed by atoms with Crippen LogP contribution in [-0.2, 0) is 0 Å². The van der Waals surface area contributed by atoms with Crippen LogP contribution in [0.4, 0.5) is 4.79 Å². The Morgan fingerprint density at radius 3 is 2.54 bits per heavy atom. The van der Waals surface area contributed by atoms with E-state index >= 15 is 0 Å². The lowest BCUT2D eigenvalue weighted by molar-refractivity contribution is 0.237. The molecule has 0 aliphatic rings. The van der Waals surface area contributed by atoms with Crippen LogP contribution in [0.1, 0.15) is 20.8 Å². The molecule has 0 aromatic heterocycles. The van der Waals surface area contributed by atoms with Gasteiger partial charge in [0.1, 0.15) is 0 Å². The minimum Gasteiger partial charge on any atom is -0.395 e. The molecule has 0 aliphatic heterocycles. The van der Waals surface area contributed by atoms with Crippen molar-refractivity contribution in [2.24, 2.45) is 5.41 Å². The summed E-state index contributed by atoms with van der Waals surface area (Å²) in [4.78, 5) is 10.9. The van der Waals surface area contributed by atoms with Crippen LogP contribution in [0.5, 0.6) is 0 Å². The van der Waals surface area contributed by atoms with E-state index < -0.39 is 0 Å². The van der Waals surface area contributed by atoms with Gasteiger partial charge in [-0.1, -0.05) is 26.8 Å². The summed E-state index contributed by atoms with van der Waals surface area (Å²) in [6.45, 7) is 6.34. The molecule has 2 amide bonds. The minimum atomic E-state index is -0.297. The molecule has 0 aromatic carbocycles. The molecule has 0 spiro atoms. The maximum absolute atomic E-state index is 10.9. The zero-order chi connectivity index (χ0) is 10.3. The number of aliphatic hydroxyl groups is 1. The second-order valence-corrected chi connectivity index (χ2v) is 3.82. The molecule has 0 radical (unpaired) electrons. The number of urea groups is 1. The van der Waals surface area contributed by atoms with Crippen LogP contribution in [0.25, 0.3) is 0 Å². The minimum absolute atomic E-state index is 0.0452. The number of hydrogen-bond donors (Lipinski definition) is 3. The van der Waals surface area contributed by atoms with E-state index in [0.29, 0.717) is 0 Å². The van der Waals surface area contributed by atoms with Gasteiger partial charge in [0.2, 0.25) is 0 Å². The van der Waals surface area contributed by atoms with Gasteiger partial charge in [-0.25, -0.2) is 4.79 Å². The van der Waals surface area contributed by atoms with E-state index in [4.69, 9.17) is 5.11 Å². The Balaban J connectivity index is 3.64. The van der Waals surface area contributed by atoms with Crippen LogP contribution in [0.3, 0.4) is 0 Å². The first kappa shape index (κ1) is 12.0. The predicted octanol–water partition coefficient (Wildman–Crippen LogP) is 0.838.